The van der Waals surface area contributed by atoms with E-state index in [1.54, 1.807) is 0 Å². The van der Waals surface area contributed by atoms with E-state index in [0.717, 1.165) is 61.5 Å². The Balaban J connectivity index is 1.18. The van der Waals surface area contributed by atoms with Gasteiger partial charge in [-0.3, -0.25) is 9.55 Å². The number of fused-ring (bicyclic) bond motifs is 4. The van der Waals surface area contributed by atoms with E-state index < -0.39 is 0 Å². The lowest BCUT2D eigenvalue weighted by molar-refractivity contribution is 0.483. The molecule has 8 aromatic rings. The molecule has 0 spiro atoms. The van der Waals surface area contributed by atoms with E-state index in [2.05, 4.69) is 178 Å². The highest BCUT2D eigenvalue weighted by Crippen LogP contribution is 2.45. The second-order valence-corrected chi connectivity index (χ2v) is 19.1. The standard InChI is InChI=1S/C54H50N6O/c1-52(2,3)37-22-25-57-50(30-37)60-47-19-16-35(33-55)26-46(47)45-18-17-43(32-49(45)60)61-42-13-10-12-40(31-42)58-34-59(41-28-38(53(4,5)6)27-39(29-41)54(7,8)9)51-44(14-11-15-48(51)58)36-20-23-56-24-21-36/h10-32H,1-9H3/q+2. The molecule has 0 saturated carbocycles. The Labute approximate surface area is 358 Å². The number of aromatic nitrogens is 3. The SMILES string of the molecule is CC(C)(C)c1cc([N+]2=C=[N+](c3cccc(Oc4ccc5c6cc(C#N)ccc6n(-c6cc(C(C)(C)C)ccn6)c5c4)c3)c3cccc(-c4ccncc4)c32)cc(C(C)(C)C)c1. The Kier molecular flexibility index (Phi) is 9.38. The van der Waals surface area contributed by atoms with Crippen LogP contribution in [0.5, 0.6) is 11.5 Å². The molecule has 1 aliphatic rings. The van der Waals surface area contributed by atoms with Gasteiger partial charge in [-0.2, -0.15) is 5.26 Å². The zero-order chi connectivity index (χ0) is 42.8. The number of ether oxygens (including phenoxy) is 1. The number of nitriles is 1. The van der Waals surface area contributed by atoms with Crippen LogP contribution in [-0.2, 0) is 16.2 Å². The minimum absolute atomic E-state index is 0.0571. The number of hydrogen-bond donors (Lipinski definition) is 0. The van der Waals surface area contributed by atoms with E-state index in [1.165, 1.54) is 16.7 Å². The second-order valence-electron chi connectivity index (χ2n) is 19.1. The van der Waals surface area contributed by atoms with Crippen LogP contribution in [0.4, 0.5) is 22.7 Å². The molecule has 0 fully saturated rings. The summed E-state index contributed by atoms with van der Waals surface area (Å²) >= 11 is 0. The Morgan fingerprint density at radius 3 is 2.00 bits per heavy atom. The first-order valence-electron chi connectivity index (χ1n) is 20.9. The van der Waals surface area contributed by atoms with Gasteiger partial charge in [0.15, 0.2) is 0 Å². The number of benzene rings is 5. The molecule has 0 saturated heterocycles. The van der Waals surface area contributed by atoms with Crippen LogP contribution in [0.1, 0.15) is 84.6 Å². The second kappa shape index (κ2) is 14.6. The molecule has 5 aromatic carbocycles. The first-order chi connectivity index (χ1) is 29.1. The summed E-state index contributed by atoms with van der Waals surface area (Å²) < 4.78 is 13.3. The minimum Gasteiger partial charge on any atom is -0.457 e. The van der Waals surface area contributed by atoms with Gasteiger partial charge in [0.2, 0.25) is 11.4 Å². The Morgan fingerprint density at radius 1 is 0.590 bits per heavy atom. The van der Waals surface area contributed by atoms with Gasteiger partial charge in [0, 0.05) is 59.7 Å². The maximum absolute atomic E-state index is 9.80. The van der Waals surface area contributed by atoms with Crippen molar-refractivity contribution < 1.29 is 4.74 Å². The Hall–Kier alpha value is -7.13. The zero-order valence-corrected chi connectivity index (χ0v) is 36.4. The van der Waals surface area contributed by atoms with Crippen LogP contribution in [0.15, 0.2) is 140 Å². The van der Waals surface area contributed by atoms with Crippen LogP contribution in [0.3, 0.4) is 0 Å². The number of nitrogens with zero attached hydrogens (tertiary/aromatic N) is 6. The molecule has 0 atom stereocenters. The summed E-state index contributed by atoms with van der Waals surface area (Å²) in [7, 11) is 0. The van der Waals surface area contributed by atoms with Crippen LogP contribution in [0.2, 0.25) is 0 Å². The molecule has 0 radical (unpaired) electrons. The highest BCUT2D eigenvalue weighted by atomic mass is 16.5. The highest BCUT2D eigenvalue weighted by Gasteiger charge is 2.40. The lowest BCUT2D eigenvalue weighted by Gasteiger charge is -2.24. The van der Waals surface area contributed by atoms with E-state index in [4.69, 9.17) is 9.72 Å². The van der Waals surface area contributed by atoms with E-state index in [9.17, 15) is 5.26 Å². The molecule has 0 N–H and O–H groups in total. The maximum atomic E-state index is 9.80. The topological polar surface area (TPSA) is 69.8 Å². The number of para-hydroxylation sites is 1. The molecule has 9 rings (SSSR count). The van der Waals surface area contributed by atoms with E-state index in [-0.39, 0.29) is 16.2 Å². The van der Waals surface area contributed by atoms with Crippen molar-refractivity contribution in [3.8, 4) is 34.5 Å². The van der Waals surface area contributed by atoms with Crippen molar-refractivity contribution in [1.29, 1.82) is 5.26 Å². The highest BCUT2D eigenvalue weighted by molar-refractivity contribution is 6.10. The van der Waals surface area contributed by atoms with Crippen molar-refractivity contribution >= 4 is 50.6 Å². The van der Waals surface area contributed by atoms with Crippen molar-refractivity contribution in [2.45, 2.75) is 78.6 Å². The lowest BCUT2D eigenvalue weighted by atomic mass is 9.80. The van der Waals surface area contributed by atoms with Crippen LogP contribution in [0.25, 0.3) is 38.8 Å². The molecule has 4 heterocycles. The first kappa shape index (κ1) is 39.3. The minimum atomic E-state index is -0.0577. The molecule has 0 aliphatic carbocycles. The fraction of sp³-hybridized carbons (Fsp3) is 0.222. The van der Waals surface area contributed by atoms with Gasteiger partial charge < -0.3 is 4.74 Å². The molecular formula is C54H50N6O+2. The van der Waals surface area contributed by atoms with Crippen molar-refractivity contribution in [2.75, 3.05) is 0 Å². The summed E-state index contributed by atoms with van der Waals surface area (Å²) in [5, 5.41) is 11.8. The molecule has 1 aliphatic heterocycles. The van der Waals surface area contributed by atoms with Gasteiger partial charge in [0.05, 0.1) is 34.3 Å². The Bertz CT molecular complexity index is 3120. The van der Waals surface area contributed by atoms with Crippen molar-refractivity contribution in [1.82, 2.24) is 23.7 Å². The molecule has 61 heavy (non-hydrogen) atoms. The van der Waals surface area contributed by atoms with Crippen molar-refractivity contribution in [3.05, 3.63) is 162 Å². The molecule has 300 valence electrons. The molecule has 0 bridgehead atoms. The monoisotopic (exact) mass is 798 g/mol. The van der Waals surface area contributed by atoms with Gasteiger partial charge in [0.25, 0.3) is 5.69 Å². The fourth-order valence-electron chi connectivity index (χ4n) is 8.11. The van der Waals surface area contributed by atoms with Crippen LogP contribution >= 0.6 is 0 Å². The third-order valence-electron chi connectivity index (χ3n) is 11.6. The smallest absolute Gasteiger partial charge is 0.457 e. The number of rotatable bonds is 6. The number of pyridine rings is 2. The average Bonchev–Trinajstić information content (AvgIpc) is 3.79. The van der Waals surface area contributed by atoms with Gasteiger partial charge >= 0.3 is 11.7 Å². The quantitative estimate of drug-likeness (QED) is 0.157. The predicted octanol–water partition coefficient (Wildman–Crippen LogP) is 13.7. The first-order valence-corrected chi connectivity index (χ1v) is 20.9. The van der Waals surface area contributed by atoms with Crippen LogP contribution in [-0.4, -0.2) is 20.5 Å². The average molecular weight is 799 g/mol. The summed E-state index contributed by atoms with van der Waals surface area (Å²) in [5.41, 5.74) is 12.3. The lowest BCUT2D eigenvalue weighted by Crippen LogP contribution is -2.17. The molecule has 7 heteroatoms. The molecule has 0 unspecified atom stereocenters. The zero-order valence-electron chi connectivity index (χ0n) is 36.4. The number of hydrogen-bond acceptors (Lipinski definition) is 4. The van der Waals surface area contributed by atoms with Gasteiger partial charge in [-0.25, -0.2) is 4.98 Å². The summed E-state index contributed by atoms with van der Waals surface area (Å²) in [4.78, 5) is 9.17. The Morgan fingerprint density at radius 2 is 1.30 bits per heavy atom. The van der Waals surface area contributed by atoms with Gasteiger partial charge in [-0.15, -0.1) is 0 Å². The van der Waals surface area contributed by atoms with Gasteiger partial charge in [-0.1, -0.05) is 80.5 Å². The van der Waals surface area contributed by atoms with E-state index in [1.807, 2.05) is 55.0 Å². The molecule has 3 aromatic heterocycles. The van der Waals surface area contributed by atoms with Crippen LogP contribution < -0.4 is 13.9 Å². The third-order valence-corrected chi connectivity index (χ3v) is 11.6. The van der Waals surface area contributed by atoms with Crippen molar-refractivity contribution in [3.63, 3.8) is 0 Å². The summed E-state index contributed by atoms with van der Waals surface area (Å²) in [5.74, 6) is 2.19. The van der Waals surface area contributed by atoms with E-state index in [0.29, 0.717) is 17.1 Å². The summed E-state index contributed by atoms with van der Waals surface area (Å²) in [6, 6.07) is 48.1. The van der Waals surface area contributed by atoms with E-state index >= 15 is 0 Å². The summed E-state index contributed by atoms with van der Waals surface area (Å²) in [6.07, 6.45) is 5.56. The maximum Gasteiger partial charge on any atom is 0.503 e. The molecule has 0 amide bonds. The molecule has 7 nitrogen and oxygen atoms in total. The third kappa shape index (κ3) is 7.30. The summed E-state index contributed by atoms with van der Waals surface area (Å²) in [6.45, 7) is 20.2. The largest absolute Gasteiger partial charge is 0.503 e. The van der Waals surface area contributed by atoms with Gasteiger partial charge in [0.1, 0.15) is 17.3 Å². The fourth-order valence-corrected chi connectivity index (χ4v) is 8.11. The van der Waals surface area contributed by atoms with Gasteiger partial charge in [-0.05, 0) is 114 Å². The molecular weight excluding hydrogens is 749 g/mol. The normalized spacial score (nSPS) is 12.9. The van der Waals surface area contributed by atoms with Crippen molar-refractivity contribution in [2.24, 2.45) is 0 Å². The predicted molar refractivity (Wildman–Crippen MR) is 250 cm³/mol. The van der Waals surface area contributed by atoms with Crippen LogP contribution in [0, 0.1) is 11.3 Å².